The predicted molar refractivity (Wildman–Crippen MR) is 52.1 cm³/mol. The fraction of sp³-hybridized carbons (Fsp3) is 0.300. The predicted octanol–water partition coefficient (Wildman–Crippen LogP) is 0.997. The van der Waals surface area contributed by atoms with Crippen LogP contribution >= 0.6 is 0 Å². The van der Waals surface area contributed by atoms with Crippen molar-refractivity contribution in [3.63, 3.8) is 0 Å². The van der Waals surface area contributed by atoms with E-state index in [-0.39, 0.29) is 12.4 Å². The number of nitrogens with one attached hydrogen (secondary N) is 1. The molecule has 0 aliphatic carbocycles. The fourth-order valence-electron chi connectivity index (χ4n) is 1.17. The molecule has 1 rings (SSSR count). The molecule has 0 radical (unpaired) electrons. The third-order valence-corrected chi connectivity index (χ3v) is 1.87. The van der Waals surface area contributed by atoms with E-state index in [1.807, 2.05) is 0 Å². The second-order valence-electron chi connectivity index (χ2n) is 3.17. The van der Waals surface area contributed by atoms with Crippen LogP contribution in [0.2, 0.25) is 0 Å². The zero-order valence-corrected chi connectivity index (χ0v) is 7.98. The van der Waals surface area contributed by atoms with Crippen molar-refractivity contribution in [2.45, 2.75) is 12.5 Å². The van der Waals surface area contributed by atoms with E-state index < -0.39 is 12.2 Å². The van der Waals surface area contributed by atoms with Crippen LogP contribution in [0.15, 0.2) is 24.3 Å². The second kappa shape index (κ2) is 5.31. The Labute approximate surface area is 86.4 Å². The number of rotatable bonds is 4. The van der Waals surface area contributed by atoms with Gasteiger partial charge in [-0.3, -0.25) is 0 Å². The number of benzene rings is 1. The van der Waals surface area contributed by atoms with Crippen molar-refractivity contribution in [3.8, 4) is 0 Å². The molecule has 1 amide bonds. The van der Waals surface area contributed by atoms with E-state index in [1.165, 1.54) is 12.1 Å². The first kappa shape index (κ1) is 11.5. The summed E-state index contributed by atoms with van der Waals surface area (Å²) in [7, 11) is 0. The lowest BCUT2D eigenvalue weighted by Gasteiger charge is -2.09. The molecule has 5 heteroatoms. The van der Waals surface area contributed by atoms with Crippen LogP contribution in [0.1, 0.15) is 5.56 Å². The van der Waals surface area contributed by atoms with Gasteiger partial charge in [-0.05, 0) is 17.7 Å². The zero-order chi connectivity index (χ0) is 11.3. The first-order valence-corrected chi connectivity index (χ1v) is 4.47. The van der Waals surface area contributed by atoms with Crippen LogP contribution in [0.4, 0.5) is 9.18 Å². The Morgan fingerprint density at radius 3 is 2.53 bits per heavy atom. The average molecular weight is 213 g/mol. The highest BCUT2D eigenvalue weighted by molar-refractivity contribution is 5.64. The third kappa shape index (κ3) is 4.42. The highest BCUT2D eigenvalue weighted by Gasteiger charge is 2.06. The molecule has 1 aromatic carbocycles. The van der Waals surface area contributed by atoms with Gasteiger partial charge in [0.25, 0.3) is 0 Å². The van der Waals surface area contributed by atoms with Gasteiger partial charge in [0.05, 0.1) is 6.10 Å². The smallest absolute Gasteiger partial charge is 0.404 e. The van der Waals surface area contributed by atoms with Gasteiger partial charge in [-0.15, -0.1) is 0 Å². The van der Waals surface area contributed by atoms with Crippen LogP contribution in [0.3, 0.4) is 0 Å². The molecule has 3 N–H and O–H groups in total. The van der Waals surface area contributed by atoms with Gasteiger partial charge < -0.3 is 15.5 Å². The standard InChI is InChI=1S/C10H12FNO3/c11-8-3-1-7(2-4-8)5-9(13)6-12-10(14)15/h1-4,9,12-13H,5-6H2,(H,14,15). The average Bonchev–Trinajstić information content (AvgIpc) is 2.19. The number of carboxylic acid groups (broad SMARTS) is 1. The molecule has 1 atom stereocenters. The maximum atomic E-state index is 12.5. The molecule has 4 nitrogen and oxygen atoms in total. The van der Waals surface area contributed by atoms with E-state index in [9.17, 15) is 14.3 Å². The van der Waals surface area contributed by atoms with Crippen LogP contribution < -0.4 is 5.32 Å². The van der Waals surface area contributed by atoms with Crippen molar-refractivity contribution in [2.75, 3.05) is 6.54 Å². The van der Waals surface area contributed by atoms with Gasteiger partial charge in [0, 0.05) is 13.0 Å². The largest absolute Gasteiger partial charge is 0.465 e. The van der Waals surface area contributed by atoms with Gasteiger partial charge in [0.15, 0.2) is 0 Å². The van der Waals surface area contributed by atoms with Crippen molar-refractivity contribution in [1.29, 1.82) is 0 Å². The molecular formula is C10H12FNO3. The van der Waals surface area contributed by atoms with E-state index in [0.29, 0.717) is 6.42 Å². The minimum Gasteiger partial charge on any atom is -0.465 e. The van der Waals surface area contributed by atoms with Crippen molar-refractivity contribution in [1.82, 2.24) is 5.32 Å². The molecule has 0 saturated carbocycles. The SMILES string of the molecule is O=C(O)NCC(O)Cc1ccc(F)cc1. The van der Waals surface area contributed by atoms with Crippen LogP contribution in [-0.4, -0.2) is 29.0 Å². The summed E-state index contributed by atoms with van der Waals surface area (Å²) < 4.78 is 12.5. The first-order valence-electron chi connectivity index (χ1n) is 4.47. The number of hydrogen-bond acceptors (Lipinski definition) is 2. The molecule has 0 aliphatic heterocycles. The molecule has 0 spiro atoms. The van der Waals surface area contributed by atoms with E-state index in [0.717, 1.165) is 5.56 Å². The van der Waals surface area contributed by atoms with E-state index in [2.05, 4.69) is 5.32 Å². The summed E-state index contributed by atoms with van der Waals surface area (Å²) in [5.74, 6) is -0.336. The van der Waals surface area contributed by atoms with E-state index in [4.69, 9.17) is 5.11 Å². The number of halogens is 1. The Kier molecular flexibility index (Phi) is 4.05. The first-order chi connectivity index (χ1) is 7.08. The van der Waals surface area contributed by atoms with E-state index in [1.54, 1.807) is 12.1 Å². The highest BCUT2D eigenvalue weighted by atomic mass is 19.1. The molecule has 0 heterocycles. The maximum Gasteiger partial charge on any atom is 0.404 e. The lowest BCUT2D eigenvalue weighted by atomic mass is 10.1. The lowest BCUT2D eigenvalue weighted by Crippen LogP contribution is -2.31. The van der Waals surface area contributed by atoms with E-state index >= 15 is 0 Å². The highest BCUT2D eigenvalue weighted by Crippen LogP contribution is 2.05. The Morgan fingerprint density at radius 2 is 2.00 bits per heavy atom. The zero-order valence-electron chi connectivity index (χ0n) is 7.98. The number of aliphatic hydroxyl groups excluding tert-OH is 1. The molecule has 0 aliphatic rings. The van der Waals surface area contributed by atoms with Gasteiger partial charge in [-0.25, -0.2) is 9.18 Å². The van der Waals surface area contributed by atoms with Crippen molar-refractivity contribution < 1.29 is 19.4 Å². The van der Waals surface area contributed by atoms with Gasteiger partial charge in [-0.1, -0.05) is 12.1 Å². The van der Waals surface area contributed by atoms with Crippen molar-refractivity contribution in [2.24, 2.45) is 0 Å². The summed E-state index contributed by atoms with van der Waals surface area (Å²) >= 11 is 0. The summed E-state index contributed by atoms with van der Waals surface area (Å²) in [5, 5.41) is 19.8. The Morgan fingerprint density at radius 1 is 1.40 bits per heavy atom. The monoisotopic (exact) mass is 213 g/mol. The summed E-state index contributed by atoms with van der Waals surface area (Å²) in [6.07, 6.45) is -1.68. The summed E-state index contributed by atoms with van der Waals surface area (Å²) in [4.78, 5) is 10.1. The summed E-state index contributed by atoms with van der Waals surface area (Å²) in [6.45, 7) is -0.0350. The summed E-state index contributed by atoms with van der Waals surface area (Å²) in [6, 6.07) is 5.71. The van der Waals surface area contributed by atoms with Crippen LogP contribution in [-0.2, 0) is 6.42 Å². The van der Waals surface area contributed by atoms with Crippen LogP contribution in [0, 0.1) is 5.82 Å². The number of amides is 1. The van der Waals surface area contributed by atoms with Crippen molar-refractivity contribution in [3.05, 3.63) is 35.6 Å². The van der Waals surface area contributed by atoms with Gasteiger partial charge >= 0.3 is 6.09 Å². The minimum atomic E-state index is -1.17. The molecule has 0 fully saturated rings. The molecule has 1 unspecified atom stereocenters. The lowest BCUT2D eigenvalue weighted by molar-refractivity contribution is 0.157. The number of aliphatic hydroxyl groups is 1. The Balaban J connectivity index is 2.40. The maximum absolute atomic E-state index is 12.5. The molecule has 0 bridgehead atoms. The molecule has 15 heavy (non-hydrogen) atoms. The van der Waals surface area contributed by atoms with Gasteiger partial charge in [-0.2, -0.15) is 0 Å². The molecule has 0 aromatic heterocycles. The normalized spacial score (nSPS) is 12.1. The topological polar surface area (TPSA) is 69.6 Å². The molecule has 0 saturated heterocycles. The third-order valence-electron chi connectivity index (χ3n) is 1.87. The molecule has 1 aromatic rings. The van der Waals surface area contributed by atoms with Gasteiger partial charge in [0.2, 0.25) is 0 Å². The second-order valence-corrected chi connectivity index (χ2v) is 3.17. The summed E-state index contributed by atoms with van der Waals surface area (Å²) in [5.41, 5.74) is 0.760. The fourth-order valence-corrected chi connectivity index (χ4v) is 1.17. The number of hydrogen-bond donors (Lipinski definition) is 3. The van der Waals surface area contributed by atoms with Crippen LogP contribution in [0.25, 0.3) is 0 Å². The Hall–Kier alpha value is -1.62. The molecular weight excluding hydrogens is 201 g/mol. The minimum absolute atomic E-state index is 0.0350. The molecule has 82 valence electrons. The van der Waals surface area contributed by atoms with Gasteiger partial charge in [0.1, 0.15) is 5.82 Å². The van der Waals surface area contributed by atoms with Crippen molar-refractivity contribution >= 4 is 6.09 Å². The van der Waals surface area contributed by atoms with Crippen LogP contribution in [0.5, 0.6) is 0 Å². The Bertz CT molecular complexity index is 326. The number of carbonyl (C=O) groups is 1. The quantitative estimate of drug-likeness (QED) is 0.698.